The van der Waals surface area contributed by atoms with Crippen molar-refractivity contribution in [2.45, 2.75) is 6.18 Å². The lowest BCUT2D eigenvalue weighted by molar-refractivity contribution is -0.137. The summed E-state index contributed by atoms with van der Waals surface area (Å²) in [7, 11) is 1.43. The minimum Gasteiger partial charge on any atom is -0.467 e. The van der Waals surface area contributed by atoms with Crippen LogP contribution in [-0.2, 0) is 6.18 Å². The van der Waals surface area contributed by atoms with E-state index in [1.165, 1.54) is 43.8 Å². The number of hydrogen-bond acceptors (Lipinski definition) is 5. The highest BCUT2D eigenvalue weighted by Crippen LogP contribution is 2.31. The molecule has 2 N–H and O–H groups in total. The van der Waals surface area contributed by atoms with E-state index in [1.54, 1.807) is 0 Å². The maximum absolute atomic E-state index is 14.4. The second-order valence-electron chi connectivity index (χ2n) is 6.09. The van der Waals surface area contributed by atoms with Crippen molar-refractivity contribution in [1.82, 2.24) is 19.9 Å². The van der Waals surface area contributed by atoms with Crippen LogP contribution in [0.25, 0.3) is 22.4 Å². The van der Waals surface area contributed by atoms with E-state index in [9.17, 15) is 17.6 Å². The number of methoxy groups -OCH3 is 1. The van der Waals surface area contributed by atoms with Crippen molar-refractivity contribution in [3.8, 4) is 17.4 Å². The molecule has 0 atom stereocenters. The van der Waals surface area contributed by atoms with Gasteiger partial charge in [-0.05, 0) is 18.2 Å². The quantitative estimate of drug-likeness (QED) is 0.473. The fraction of sp³-hybridized carbons (Fsp3) is 0.105. The van der Waals surface area contributed by atoms with E-state index in [2.05, 4.69) is 25.3 Å². The highest BCUT2D eigenvalue weighted by Gasteiger charge is 2.30. The lowest BCUT2D eigenvalue weighted by Gasteiger charge is -2.07. The van der Waals surface area contributed by atoms with Crippen molar-refractivity contribution < 1.29 is 22.3 Å². The Kier molecular flexibility index (Phi) is 4.53. The van der Waals surface area contributed by atoms with Crippen molar-refractivity contribution in [2.24, 2.45) is 0 Å². The zero-order valence-electron chi connectivity index (χ0n) is 14.9. The molecule has 10 heteroatoms. The summed E-state index contributed by atoms with van der Waals surface area (Å²) in [5.41, 5.74) is 1.16. The summed E-state index contributed by atoms with van der Waals surface area (Å²) in [5.74, 6) is -0.225. The molecular formula is C19H13F4N5O. The molecular weight excluding hydrogens is 390 g/mol. The van der Waals surface area contributed by atoms with Gasteiger partial charge in [0.25, 0.3) is 0 Å². The summed E-state index contributed by atoms with van der Waals surface area (Å²) in [5, 5.41) is 2.86. The van der Waals surface area contributed by atoms with E-state index in [0.29, 0.717) is 28.1 Å². The molecule has 0 spiro atoms. The Balaban J connectivity index is 1.64. The summed E-state index contributed by atoms with van der Waals surface area (Å²) in [4.78, 5) is 15.1. The number of H-pyrrole nitrogens is 1. The van der Waals surface area contributed by atoms with Gasteiger partial charge in [0, 0.05) is 11.6 Å². The van der Waals surface area contributed by atoms with Crippen LogP contribution in [0.2, 0.25) is 0 Å². The molecule has 0 saturated carbocycles. The first-order valence-electron chi connectivity index (χ1n) is 8.33. The summed E-state index contributed by atoms with van der Waals surface area (Å²) in [6.45, 7) is 0. The fourth-order valence-electron chi connectivity index (χ4n) is 2.72. The number of imidazole rings is 1. The Morgan fingerprint density at radius 3 is 2.34 bits per heavy atom. The number of aromatic nitrogens is 4. The number of nitrogens with zero attached hydrogens (tertiary/aromatic N) is 3. The predicted octanol–water partition coefficient (Wildman–Crippen LogP) is 4.93. The number of aromatic amines is 1. The summed E-state index contributed by atoms with van der Waals surface area (Å²) >= 11 is 0. The third kappa shape index (κ3) is 3.82. The van der Waals surface area contributed by atoms with Gasteiger partial charge in [-0.15, -0.1) is 0 Å². The molecule has 0 saturated heterocycles. The normalized spacial score (nSPS) is 11.6. The maximum atomic E-state index is 14.4. The molecule has 2 aromatic carbocycles. The smallest absolute Gasteiger partial charge is 0.416 e. The molecule has 2 heterocycles. The molecule has 4 aromatic rings. The number of anilines is 2. The van der Waals surface area contributed by atoms with Crippen LogP contribution >= 0.6 is 0 Å². The SMILES string of the molecule is COc1ncc(Nc2cc3[nH]c(-c4ccc(C(F)(F)F)cc4)nc3cc2F)cn1. The lowest BCUT2D eigenvalue weighted by atomic mass is 10.1. The van der Waals surface area contributed by atoms with Crippen LogP contribution in [-0.4, -0.2) is 27.0 Å². The summed E-state index contributed by atoms with van der Waals surface area (Å²) in [6.07, 6.45) is -1.53. The molecule has 0 aliphatic carbocycles. The Hall–Kier alpha value is -3.69. The number of halogens is 4. The number of ether oxygens (including phenoxy) is 1. The number of benzene rings is 2. The van der Waals surface area contributed by atoms with Gasteiger partial charge in [0.2, 0.25) is 0 Å². The van der Waals surface area contributed by atoms with Crippen LogP contribution in [0.1, 0.15) is 5.56 Å². The van der Waals surface area contributed by atoms with Crippen molar-refractivity contribution >= 4 is 22.4 Å². The van der Waals surface area contributed by atoms with Gasteiger partial charge in [0.15, 0.2) is 0 Å². The second kappa shape index (κ2) is 7.04. The van der Waals surface area contributed by atoms with E-state index in [4.69, 9.17) is 4.74 Å². The van der Waals surface area contributed by atoms with Gasteiger partial charge in [-0.3, -0.25) is 0 Å². The van der Waals surface area contributed by atoms with Gasteiger partial charge in [0.05, 0.1) is 47.5 Å². The minimum atomic E-state index is -4.42. The van der Waals surface area contributed by atoms with Gasteiger partial charge in [-0.2, -0.15) is 13.2 Å². The Bertz CT molecular complexity index is 1150. The first-order valence-corrected chi connectivity index (χ1v) is 8.33. The van der Waals surface area contributed by atoms with Crippen LogP contribution < -0.4 is 10.1 Å². The zero-order chi connectivity index (χ0) is 20.6. The average molecular weight is 403 g/mol. The third-order valence-electron chi connectivity index (χ3n) is 4.15. The monoisotopic (exact) mass is 403 g/mol. The van der Waals surface area contributed by atoms with Crippen molar-refractivity contribution in [3.63, 3.8) is 0 Å². The Labute approximate surface area is 161 Å². The first-order chi connectivity index (χ1) is 13.8. The van der Waals surface area contributed by atoms with Crippen LogP contribution in [0.5, 0.6) is 6.01 Å². The minimum absolute atomic E-state index is 0.161. The van der Waals surface area contributed by atoms with Gasteiger partial charge >= 0.3 is 12.2 Å². The standard InChI is InChI=1S/C19H13F4N5O/c1-29-18-24-8-12(9-25-18)26-14-7-16-15(6-13(14)20)27-17(28-16)10-2-4-11(5-3-10)19(21,22)23/h2-9,26H,1H3,(H,27,28). The molecule has 0 fully saturated rings. The van der Waals surface area contributed by atoms with Crippen LogP contribution in [0.3, 0.4) is 0 Å². The molecule has 0 aliphatic rings. The van der Waals surface area contributed by atoms with E-state index in [0.717, 1.165) is 12.1 Å². The van der Waals surface area contributed by atoms with Crippen molar-refractivity contribution in [1.29, 1.82) is 0 Å². The molecule has 0 unspecified atom stereocenters. The number of rotatable bonds is 4. The molecule has 0 bridgehead atoms. The molecule has 4 rings (SSSR count). The molecule has 0 amide bonds. The van der Waals surface area contributed by atoms with Crippen molar-refractivity contribution in [3.05, 3.63) is 60.2 Å². The fourth-order valence-corrected chi connectivity index (χ4v) is 2.72. The van der Waals surface area contributed by atoms with Crippen molar-refractivity contribution in [2.75, 3.05) is 12.4 Å². The zero-order valence-corrected chi connectivity index (χ0v) is 14.9. The number of hydrogen-bond donors (Lipinski definition) is 2. The van der Waals surface area contributed by atoms with E-state index in [1.807, 2.05) is 0 Å². The number of fused-ring (bicyclic) bond motifs is 1. The molecule has 148 valence electrons. The highest BCUT2D eigenvalue weighted by atomic mass is 19.4. The van der Waals surface area contributed by atoms with Gasteiger partial charge in [-0.1, -0.05) is 12.1 Å². The average Bonchev–Trinajstić information content (AvgIpc) is 3.11. The molecule has 6 nitrogen and oxygen atoms in total. The van der Waals surface area contributed by atoms with Gasteiger partial charge in [0.1, 0.15) is 11.6 Å². The molecule has 0 aliphatic heterocycles. The van der Waals surface area contributed by atoms with E-state index < -0.39 is 17.6 Å². The van der Waals surface area contributed by atoms with E-state index >= 15 is 0 Å². The van der Waals surface area contributed by atoms with Gasteiger partial charge in [-0.25, -0.2) is 19.3 Å². The molecule has 2 aromatic heterocycles. The largest absolute Gasteiger partial charge is 0.467 e. The first kappa shape index (κ1) is 18.7. The van der Waals surface area contributed by atoms with Crippen LogP contribution in [0, 0.1) is 5.82 Å². The maximum Gasteiger partial charge on any atom is 0.416 e. The van der Waals surface area contributed by atoms with Crippen LogP contribution in [0.4, 0.5) is 28.9 Å². The molecule has 29 heavy (non-hydrogen) atoms. The second-order valence-corrected chi connectivity index (χ2v) is 6.09. The van der Waals surface area contributed by atoms with Crippen LogP contribution in [0.15, 0.2) is 48.8 Å². The summed E-state index contributed by atoms with van der Waals surface area (Å²) in [6, 6.07) is 7.48. The summed E-state index contributed by atoms with van der Waals surface area (Å²) < 4.78 is 57.4. The number of alkyl halides is 3. The van der Waals surface area contributed by atoms with Gasteiger partial charge < -0.3 is 15.0 Å². The molecule has 0 radical (unpaired) electrons. The Morgan fingerprint density at radius 2 is 1.72 bits per heavy atom. The lowest BCUT2D eigenvalue weighted by Crippen LogP contribution is -2.04. The topological polar surface area (TPSA) is 75.7 Å². The highest BCUT2D eigenvalue weighted by molar-refractivity contribution is 5.84. The number of nitrogens with one attached hydrogen (secondary N) is 2. The third-order valence-corrected chi connectivity index (χ3v) is 4.15. The van der Waals surface area contributed by atoms with E-state index in [-0.39, 0.29) is 11.7 Å². The predicted molar refractivity (Wildman–Crippen MR) is 98.4 cm³/mol. The Morgan fingerprint density at radius 1 is 1.03 bits per heavy atom.